The highest BCUT2D eigenvalue weighted by Gasteiger charge is 2.59. The van der Waals surface area contributed by atoms with Crippen LogP contribution in [0.25, 0.3) is 0 Å². The third kappa shape index (κ3) is 18.7. The molecule has 0 aromatic carbocycles. The van der Waals surface area contributed by atoms with Crippen molar-refractivity contribution in [2.75, 3.05) is 59.4 Å². The van der Waals surface area contributed by atoms with Crippen LogP contribution in [0.5, 0.6) is 0 Å². The van der Waals surface area contributed by atoms with E-state index in [1.807, 2.05) is 0 Å². The van der Waals surface area contributed by atoms with Crippen LogP contribution in [0.2, 0.25) is 0 Å². The number of phosphoric acid groups is 2. The van der Waals surface area contributed by atoms with Crippen molar-refractivity contribution < 1.29 is 181 Å². The highest BCUT2D eigenvalue weighted by atomic mass is 31.2. The summed E-state index contributed by atoms with van der Waals surface area (Å²) in [5.41, 5.74) is 5.48. The van der Waals surface area contributed by atoms with E-state index >= 15 is 0 Å². The lowest BCUT2D eigenvalue weighted by Crippen LogP contribution is -2.71. The summed E-state index contributed by atoms with van der Waals surface area (Å²) in [6, 6.07) is -3.78. The van der Waals surface area contributed by atoms with Gasteiger partial charge in [-0.1, -0.05) is 0 Å². The minimum absolute atomic E-state index is 0.238. The van der Waals surface area contributed by atoms with Gasteiger partial charge in [-0.3, -0.25) is 23.2 Å². The first-order valence-corrected chi connectivity index (χ1v) is 30.8. The number of hydrogen-bond donors (Lipinski definition) is 22. The van der Waals surface area contributed by atoms with Crippen LogP contribution in [0, 0.1) is 0 Å². The van der Waals surface area contributed by atoms with E-state index in [9.17, 15) is 115 Å². The molecule has 0 bridgehead atoms. The van der Waals surface area contributed by atoms with E-state index in [2.05, 4.69) is 15.2 Å². The highest BCUT2D eigenvalue weighted by Crippen LogP contribution is 2.45. The van der Waals surface area contributed by atoms with E-state index in [0.717, 1.165) is 13.8 Å². The third-order valence-electron chi connectivity index (χ3n) is 15.1. The summed E-state index contributed by atoms with van der Waals surface area (Å²) in [4.78, 5) is 54.7. The highest BCUT2D eigenvalue weighted by molar-refractivity contribution is 7.47. The molecule has 6 aliphatic heterocycles. The number of phosphoric ester groups is 2. The summed E-state index contributed by atoms with van der Waals surface area (Å²) in [7, 11) is -10.1. The van der Waals surface area contributed by atoms with Gasteiger partial charge in [-0.2, -0.15) is 0 Å². The van der Waals surface area contributed by atoms with Crippen molar-refractivity contribution in [1.29, 1.82) is 0 Å². The van der Waals surface area contributed by atoms with Gasteiger partial charge in [0.25, 0.3) is 0 Å². The van der Waals surface area contributed by atoms with Gasteiger partial charge < -0.3 is 165 Å². The van der Waals surface area contributed by atoms with Crippen LogP contribution in [0.1, 0.15) is 33.1 Å². The molecular weight excluding hydrogens is 1250 g/mol. The largest absolute Gasteiger partial charge is 0.472 e. The maximum atomic E-state index is 13.2. The van der Waals surface area contributed by atoms with Crippen molar-refractivity contribution in [3.05, 3.63) is 0 Å². The van der Waals surface area contributed by atoms with E-state index in [1.165, 1.54) is 0 Å². The van der Waals surface area contributed by atoms with Crippen LogP contribution in [0.3, 0.4) is 0 Å². The van der Waals surface area contributed by atoms with Crippen molar-refractivity contribution in [1.82, 2.24) is 10.6 Å². The summed E-state index contributed by atoms with van der Waals surface area (Å²) in [5, 5.41) is 180. The number of nitrogens with two attached hydrogens (primary N) is 1. The predicted molar refractivity (Wildman–Crippen MR) is 276 cm³/mol. The van der Waals surface area contributed by atoms with Crippen LogP contribution in [0.4, 0.5) is 0 Å². The van der Waals surface area contributed by atoms with Gasteiger partial charge in [0.15, 0.2) is 31.5 Å². The molecule has 13 unspecified atom stereocenters. The van der Waals surface area contributed by atoms with Crippen molar-refractivity contribution in [3.8, 4) is 0 Å². The fourth-order valence-corrected chi connectivity index (χ4v) is 11.6. The first-order valence-electron chi connectivity index (χ1n) is 27.7. The fraction of sp³-hybridized carbons (Fsp3) is 0.957. The Morgan fingerprint density at radius 3 is 1.31 bits per heavy atom. The molecule has 6 saturated heterocycles. The molecule has 6 fully saturated rings. The number of aliphatic hydroxyl groups is 16. The van der Waals surface area contributed by atoms with Gasteiger partial charge in [-0.25, -0.2) is 9.13 Å². The lowest BCUT2D eigenvalue weighted by Gasteiger charge is -2.52. The monoisotopic (exact) mass is 1330 g/mol. The van der Waals surface area contributed by atoms with E-state index in [-0.39, 0.29) is 6.61 Å². The second-order valence-corrected chi connectivity index (χ2v) is 24.1. The molecule has 2 amide bonds. The number of rotatable bonds is 29. The second-order valence-electron chi connectivity index (χ2n) is 21.4. The number of carbonyl (C=O) groups is 2. The number of unbranched alkanes of at least 4 members (excludes halogenated alkanes) is 2. The number of aliphatic hydroxyl groups excluding tert-OH is 16. The van der Waals surface area contributed by atoms with E-state index < -0.39 is 258 Å². The molecule has 40 nitrogen and oxygen atoms in total. The van der Waals surface area contributed by atoms with Crippen LogP contribution >= 0.6 is 15.6 Å². The molecule has 6 aliphatic rings. The lowest BCUT2D eigenvalue weighted by molar-refractivity contribution is -0.391. The van der Waals surface area contributed by atoms with Crippen LogP contribution in [0.15, 0.2) is 0 Å². The molecule has 514 valence electrons. The maximum absolute atomic E-state index is 13.2. The summed E-state index contributed by atoms with van der Waals surface area (Å²) >= 11 is 0. The summed E-state index contributed by atoms with van der Waals surface area (Å²) in [5.74, 6) is -1.87. The maximum Gasteiger partial charge on any atom is 0.472 e. The minimum Gasteiger partial charge on any atom is -0.394 e. The first-order chi connectivity index (χ1) is 41.4. The van der Waals surface area contributed by atoms with Gasteiger partial charge in [0.2, 0.25) is 11.8 Å². The van der Waals surface area contributed by atoms with Crippen molar-refractivity contribution >= 4 is 27.5 Å². The Labute approximate surface area is 500 Å². The Hall–Kier alpha value is -1.96. The van der Waals surface area contributed by atoms with Crippen LogP contribution < -0.4 is 16.4 Å². The zero-order chi connectivity index (χ0) is 65.3. The molecule has 0 aromatic heterocycles. The van der Waals surface area contributed by atoms with Crippen molar-refractivity contribution in [3.63, 3.8) is 0 Å². The molecule has 31 atom stereocenters. The lowest BCUT2D eigenvalue weighted by atomic mass is 9.92. The third-order valence-corrected chi connectivity index (χ3v) is 16.6. The summed E-state index contributed by atoms with van der Waals surface area (Å²) in [6.45, 7) is -5.44. The topological polar surface area (TPSA) is 632 Å². The normalized spacial score (nSPS) is 44.2. The average Bonchev–Trinajstić information content (AvgIpc) is 1.29. The first kappa shape index (κ1) is 75.1. The van der Waals surface area contributed by atoms with Crippen molar-refractivity contribution in [2.45, 2.75) is 217 Å². The average molecular weight is 1330 g/mol. The van der Waals surface area contributed by atoms with Gasteiger partial charge in [-0.05, 0) is 25.8 Å². The standard InChI is InChI=1S/C46H83N3O37P2/c1-15(55)48-24-39(84-45-35(66)32(63)27(58)22(81-45)13-74-87(68,69)70)28(59)19(10-52)77-42(24)82-37-20(11-53)80-46(36(67)33(37)64)83-38-21(12-54)79-43(25(49-16(2)56)40(38)85-44-34(65)31(62)26(57)17(8-50)78-44)86-41-29(60)18(9-51)76-23(30(41)61)14-75-88(71,72)73-7-5-3-4-6-47/h17-46,50-54,57-67H,3-14,47H2,1-2H3,(H,48,55)(H,49,56)(H,71,72)(H2,68,69,70)/t17?,18?,19?,20?,21?,22?,23-,24?,25?,26-,27-,28+,29-,30?,31+,32+,33?,34?,35?,36+,37-,38+,39-,40-,41+,42+,43+,44+,45+,46-/m1/s1. The molecule has 0 radical (unpaired) electrons. The van der Waals surface area contributed by atoms with Gasteiger partial charge >= 0.3 is 15.6 Å². The Bertz CT molecular complexity index is 2250. The zero-order valence-corrected chi connectivity index (χ0v) is 48.9. The van der Waals surface area contributed by atoms with E-state index in [4.69, 9.17) is 66.9 Å². The molecule has 0 saturated carbocycles. The minimum atomic E-state index is -5.22. The quantitative estimate of drug-likeness (QED) is 0.0244. The van der Waals surface area contributed by atoms with Gasteiger partial charge in [0, 0.05) is 13.8 Å². The number of ether oxygens (including phenoxy) is 11. The molecule has 23 N–H and O–H groups in total. The SMILES string of the molecule is CC(=O)NC1[C@H](O[C@@H]2C(CO)O[C@H](O[C@H]3C(CO)O[C@@H](O[C@@H]4C(O)[C@@H](COP(=O)(O)OCCCCCN)OC(CO)[C@H]4O)C(NC(C)=O)[C@H]3O[C@@H]3OC(CO)[C@@H](O)[C@H](O)C3O)[C@@H](O)C2O)OC(CO)[C@H](O)[C@@H]1O[C@@H]1OC(COP(=O)(O)O)[C@@H](O)[C@H](O)C1O. The molecule has 0 aliphatic carbocycles. The summed E-state index contributed by atoms with van der Waals surface area (Å²) < 4.78 is 103. The Morgan fingerprint density at radius 2 is 0.773 bits per heavy atom. The Morgan fingerprint density at radius 1 is 0.398 bits per heavy atom. The molecule has 42 heteroatoms. The molecular formula is C46H83N3O37P2. The van der Waals surface area contributed by atoms with Crippen molar-refractivity contribution in [2.24, 2.45) is 5.73 Å². The Kier molecular flexibility index (Phi) is 28.5. The zero-order valence-electron chi connectivity index (χ0n) is 47.1. The van der Waals surface area contributed by atoms with Gasteiger partial charge in [0.1, 0.15) is 152 Å². The molecule has 6 heterocycles. The number of carbonyl (C=O) groups excluding carboxylic acids is 2. The smallest absolute Gasteiger partial charge is 0.394 e. The van der Waals surface area contributed by atoms with Gasteiger partial charge in [-0.15, -0.1) is 0 Å². The fourth-order valence-electron chi connectivity index (χ4n) is 10.5. The van der Waals surface area contributed by atoms with Crippen LogP contribution in [-0.2, 0) is 84.4 Å². The Balaban J connectivity index is 1.29. The predicted octanol–water partition coefficient (Wildman–Crippen LogP) is -12.4. The molecule has 0 spiro atoms. The number of amides is 2. The van der Waals surface area contributed by atoms with E-state index in [1.54, 1.807) is 0 Å². The second kappa shape index (κ2) is 33.4. The molecule has 0 aromatic rings. The van der Waals surface area contributed by atoms with Crippen LogP contribution in [-0.4, -0.2) is 352 Å². The number of nitrogens with one attached hydrogen (secondary N) is 2. The van der Waals surface area contributed by atoms with Gasteiger partial charge in [0.05, 0.1) is 52.9 Å². The summed E-state index contributed by atoms with van der Waals surface area (Å²) in [6.07, 6.45) is -55.5. The molecule has 6 rings (SSSR count). The number of hydrogen-bond acceptors (Lipinski definition) is 35. The molecule has 88 heavy (non-hydrogen) atoms. The van der Waals surface area contributed by atoms with E-state index in [0.29, 0.717) is 25.8 Å².